The molecule has 164 valence electrons. The van der Waals surface area contributed by atoms with Crippen LogP contribution in [0.2, 0.25) is 0 Å². The minimum Gasteiger partial charge on any atom is -0.423 e. The second-order valence-corrected chi connectivity index (χ2v) is 9.90. The molecule has 0 saturated heterocycles. The van der Waals surface area contributed by atoms with Gasteiger partial charge in [-0.05, 0) is 47.8 Å². The Bertz CT molecular complexity index is 907. The maximum Gasteiger partial charge on any atom is 0.349 e. The van der Waals surface area contributed by atoms with Gasteiger partial charge >= 0.3 is 5.97 Å². The molecule has 0 saturated carbocycles. The quantitative estimate of drug-likeness (QED) is 0.222. The number of ether oxygens (including phenoxy) is 1. The molecule has 0 amide bonds. The van der Waals surface area contributed by atoms with E-state index in [1.807, 2.05) is 0 Å². The smallest absolute Gasteiger partial charge is 0.349 e. The van der Waals surface area contributed by atoms with E-state index in [-0.39, 0.29) is 22.5 Å². The predicted molar refractivity (Wildman–Crippen MR) is 109 cm³/mol. The third kappa shape index (κ3) is 5.21. The molecular weight excluding hydrogens is 396 g/mol. The third-order valence-corrected chi connectivity index (χ3v) is 5.04. The van der Waals surface area contributed by atoms with Gasteiger partial charge in [0.2, 0.25) is 0 Å². The molecule has 1 atom stereocenters. The van der Waals surface area contributed by atoms with Crippen LogP contribution in [0.15, 0.2) is 24.3 Å². The van der Waals surface area contributed by atoms with Crippen LogP contribution >= 0.6 is 0 Å². The number of carbonyl (C=O) groups excluding carboxylic acids is 1. The van der Waals surface area contributed by atoms with Crippen molar-refractivity contribution in [3.63, 3.8) is 0 Å². The van der Waals surface area contributed by atoms with Gasteiger partial charge in [-0.2, -0.15) is 0 Å². The minimum atomic E-state index is -1.77. The van der Waals surface area contributed by atoms with Gasteiger partial charge in [0.05, 0.1) is 0 Å². The third-order valence-electron chi connectivity index (χ3n) is 5.04. The Morgan fingerprint density at radius 3 is 1.73 bits per heavy atom. The van der Waals surface area contributed by atoms with Crippen molar-refractivity contribution in [2.75, 3.05) is 0 Å². The summed E-state index contributed by atoms with van der Waals surface area (Å²) in [5.74, 6) is -8.04. The summed E-state index contributed by atoms with van der Waals surface area (Å²) in [5.41, 5.74) is -1.12. The van der Waals surface area contributed by atoms with Gasteiger partial charge in [-0.15, -0.1) is 0 Å². The first-order chi connectivity index (χ1) is 13.6. The number of rotatable bonds is 4. The standard InChI is InChI=1S/C24H28F4O2/c1-13-18(25)20(27)17(21(28)19(13)26)22(29)30-15-10-8-14(9-11-15)16(24(5,6)7)12-23(2,3)4/h8-11,16H,12H2,1-7H3. The van der Waals surface area contributed by atoms with Gasteiger partial charge in [-0.1, -0.05) is 53.7 Å². The first-order valence-corrected chi connectivity index (χ1v) is 9.78. The average molecular weight is 424 g/mol. The van der Waals surface area contributed by atoms with Crippen LogP contribution in [-0.2, 0) is 0 Å². The number of hydrogen-bond donors (Lipinski definition) is 0. The zero-order chi connectivity index (χ0) is 23.0. The van der Waals surface area contributed by atoms with Crippen molar-refractivity contribution in [2.24, 2.45) is 10.8 Å². The first-order valence-electron chi connectivity index (χ1n) is 9.78. The van der Waals surface area contributed by atoms with Crippen molar-refractivity contribution < 1.29 is 27.1 Å². The summed E-state index contributed by atoms with van der Waals surface area (Å²) < 4.78 is 60.5. The fourth-order valence-corrected chi connectivity index (χ4v) is 3.38. The molecule has 0 radical (unpaired) electrons. The lowest BCUT2D eigenvalue weighted by atomic mass is 9.69. The van der Waals surface area contributed by atoms with Gasteiger partial charge in [0, 0.05) is 5.56 Å². The summed E-state index contributed by atoms with van der Waals surface area (Å²) in [7, 11) is 0. The molecule has 0 fully saturated rings. The lowest BCUT2D eigenvalue weighted by Crippen LogP contribution is -2.23. The van der Waals surface area contributed by atoms with Crippen molar-refractivity contribution in [3.05, 3.63) is 64.2 Å². The lowest BCUT2D eigenvalue weighted by Gasteiger charge is -2.36. The Hall–Kier alpha value is -2.37. The molecule has 0 N–H and O–H groups in total. The van der Waals surface area contributed by atoms with Gasteiger partial charge in [-0.3, -0.25) is 0 Å². The van der Waals surface area contributed by atoms with E-state index in [2.05, 4.69) is 41.5 Å². The van der Waals surface area contributed by atoms with Gasteiger partial charge in [0.25, 0.3) is 0 Å². The second kappa shape index (κ2) is 8.40. The number of hydrogen-bond acceptors (Lipinski definition) is 2. The summed E-state index contributed by atoms with van der Waals surface area (Å²) in [4.78, 5) is 12.2. The van der Waals surface area contributed by atoms with Crippen molar-refractivity contribution >= 4 is 5.97 Å². The van der Waals surface area contributed by atoms with Crippen molar-refractivity contribution in [1.82, 2.24) is 0 Å². The molecule has 0 aliphatic rings. The van der Waals surface area contributed by atoms with E-state index < -0.39 is 40.4 Å². The van der Waals surface area contributed by atoms with Gasteiger partial charge < -0.3 is 4.74 Å². The Labute approximate surface area is 175 Å². The maximum atomic E-state index is 14.0. The molecule has 2 aromatic rings. The normalized spacial score (nSPS) is 13.3. The molecule has 30 heavy (non-hydrogen) atoms. The van der Waals surface area contributed by atoms with E-state index >= 15 is 0 Å². The Kier molecular flexibility index (Phi) is 6.69. The second-order valence-electron chi connectivity index (χ2n) is 9.90. The molecule has 1 unspecified atom stereocenters. The molecule has 6 heteroatoms. The zero-order valence-corrected chi connectivity index (χ0v) is 18.4. The Morgan fingerprint density at radius 1 is 0.867 bits per heavy atom. The molecule has 2 aromatic carbocycles. The SMILES string of the molecule is Cc1c(F)c(F)c(C(=O)Oc2ccc(C(CC(C)(C)C)C(C)(C)C)cc2)c(F)c1F. The monoisotopic (exact) mass is 424 g/mol. The fraction of sp³-hybridized carbons (Fsp3) is 0.458. The van der Waals surface area contributed by atoms with E-state index in [1.54, 1.807) is 12.1 Å². The van der Waals surface area contributed by atoms with E-state index in [1.165, 1.54) is 12.1 Å². The van der Waals surface area contributed by atoms with Crippen LogP contribution in [0.5, 0.6) is 5.75 Å². The van der Waals surface area contributed by atoms with Gasteiger partial charge in [0.15, 0.2) is 23.3 Å². The van der Waals surface area contributed by atoms with E-state index in [4.69, 9.17) is 4.74 Å². The summed E-state index contributed by atoms with van der Waals surface area (Å²) in [6.45, 7) is 13.8. The highest BCUT2D eigenvalue weighted by Gasteiger charge is 2.31. The predicted octanol–water partition coefficient (Wildman–Crippen LogP) is 7.34. The summed E-state index contributed by atoms with van der Waals surface area (Å²) >= 11 is 0. The van der Waals surface area contributed by atoms with E-state index in [9.17, 15) is 22.4 Å². The Morgan fingerprint density at radius 2 is 1.33 bits per heavy atom. The van der Waals surface area contributed by atoms with Gasteiger partial charge in [-0.25, -0.2) is 22.4 Å². The summed E-state index contributed by atoms with van der Waals surface area (Å²) in [6.07, 6.45) is 0.925. The van der Waals surface area contributed by atoms with Gasteiger partial charge in [0.1, 0.15) is 11.3 Å². The largest absolute Gasteiger partial charge is 0.423 e. The van der Waals surface area contributed by atoms with E-state index in [0.717, 1.165) is 18.9 Å². The van der Waals surface area contributed by atoms with Crippen LogP contribution in [0.3, 0.4) is 0 Å². The van der Waals surface area contributed by atoms with Crippen molar-refractivity contribution in [2.45, 2.75) is 60.8 Å². The molecule has 0 aliphatic heterocycles. The lowest BCUT2D eigenvalue weighted by molar-refractivity contribution is 0.0721. The molecule has 0 aromatic heterocycles. The van der Waals surface area contributed by atoms with Crippen molar-refractivity contribution in [3.8, 4) is 5.75 Å². The molecule has 0 spiro atoms. The molecule has 0 heterocycles. The average Bonchev–Trinajstić information content (AvgIpc) is 2.62. The van der Waals surface area contributed by atoms with Crippen LogP contribution in [0.25, 0.3) is 0 Å². The molecule has 2 rings (SSSR count). The van der Waals surface area contributed by atoms with Crippen LogP contribution in [0.4, 0.5) is 17.6 Å². The maximum absolute atomic E-state index is 14.0. The number of esters is 1. The molecular formula is C24H28F4O2. The fourth-order valence-electron chi connectivity index (χ4n) is 3.38. The highest BCUT2D eigenvalue weighted by Crippen LogP contribution is 2.43. The highest BCUT2D eigenvalue weighted by molar-refractivity contribution is 5.91. The van der Waals surface area contributed by atoms with Crippen LogP contribution in [0.1, 0.15) is 75.4 Å². The Balaban J connectivity index is 2.31. The zero-order valence-electron chi connectivity index (χ0n) is 18.4. The van der Waals surface area contributed by atoms with Crippen LogP contribution < -0.4 is 4.74 Å². The van der Waals surface area contributed by atoms with Crippen molar-refractivity contribution in [1.29, 1.82) is 0 Å². The number of halogens is 4. The molecule has 0 bridgehead atoms. The molecule has 0 aliphatic carbocycles. The van der Waals surface area contributed by atoms with Crippen LogP contribution in [0, 0.1) is 41.0 Å². The van der Waals surface area contributed by atoms with Crippen LogP contribution in [-0.4, -0.2) is 5.97 Å². The summed E-state index contributed by atoms with van der Waals surface area (Å²) in [6, 6.07) is 6.58. The molecule has 2 nitrogen and oxygen atoms in total. The minimum absolute atomic E-state index is 0.0192. The highest BCUT2D eigenvalue weighted by atomic mass is 19.2. The first kappa shape index (κ1) is 23.9. The summed E-state index contributed by atoms with van der Waals surface area (Å²) in [5, 5.41) is 0. The number of carbonyl (C=O) groups is 1. The van der Waals surface area contributed by atoms with E-state index in [0.29, 0.717) is 0 Å². The number of benzene rings is 2. The topological polar surface area (TPSA) is 26.3 Å².